The Bertz CT molecular complexity index is 294. The van der Waals surface area contributed by atoms with E-state index in [1.54, 1.807) is 0 Å². The molecule has 14 heavy (non-hydrogen) atoms. The van der Waals surface area contributed by atoms with E-state index in [-0.39, 0.29) is 0 Å². The summed E-state index contributed by atoms with van der Waals surface area (Å²) in [5.74, 6) is 0.687. The Balaban J connectivity index is 2.10. The molecule has 2 atom stereocenters. The van der Waals surface area contributed by atoms with Gasteiger partial charge >= 0.3 is 0 Å². The van der Waals surface area contributed by atoms with Gasteiger partial charge in [0.25, 0.3) is 0 Å². The van der Waals surface area contributed by atoms with Gasteiger partial charge in [-0.05, 0) is 42.9 Å². The summed E-state index contributed by atoms with van der Waals surface area (Å²) in [4.78, 5) is 0. The zero-order valence-corrected chi connectivity index (χ0v) is 9.83. The zero-order valence-electron chi connectivity index (χ0n) is 8.25. The van der Waals surface area contributed by atoms with Crippen LogP contribution >= 0.6 is 15.9 Å². The van der Waals surface area contributed by atoms with Crippen LogP contribution in [0.5, 0.6) is 0 Å². The van der Waals surface area contributed by atoms with Crippen LogP contribution in [0.1, 0.15) is 37.2 Å². The number of hydrogen-bond acceptors (Lipinski definition) is 1. The van der Waals surface area contributed by atoms with E-state index >= 15 is 0 Å². The number of hydrogen-bond donors (Lipinski definition) is 1. The molecule has 76 valence electrons. The van der Waals surface area contributed by atoms with E-state index in [1.165, 1.54) is 24.8 Å². The highest BCUT2D eigenvalue weighted by atomic mass is 79.9. The number of rotatable bonds is 1. The first-order chi connectivity index (χ1) is 6.75. The number of halogens is 1. The van der Waals surface area contributed by atoms with Crippen LogP contribution in [0, 0.1) is 0 Å². The maximum atomic E-state index is 5.98. The molecule has 2 N–H and O–H groups in total. The molecule has 2 heteroatoms. The standard InChI is InChI=1S/C12H16BrN/c13-11-6-4-9(5-7-11)10-2-1-3-12(14)8-10/h4-7,10,12H,1-3,8,14H2. The first-order valence-corrected chi connectivity index (χ1v) is 6.06. The van der Waals surface area contributed by atoms with Crippen LogP contribution in [0.3, 0.4) is 0 Å². The molecular formula is C12H16BrN. The Morgan fingerprint density at radius 1 is 1.14 bits per heavy atom. The lowest BCUT2D eigenvalue weighted by atomic mass is 9.82. The van der Waals surface area contributed by atoms with Gasteiger partial charge < -0.3 is 5.73 Å². The highest BCUT2D eigenvalue weighted by Gasteiger charge is 2.20. The van der Waals surface area contributed by atoms with E-state index in [0.717, 1.165) is 10.9 Å². The van der Waals surface area contributed by atoms with Crippen molar-refractivity contribution in [3.05, 3.63) is 34.3 Å². The third kappa shape index (κ3) is 2.37. The third-order valence-corrected chi connectivity index (χ3v) is 3.58. The third-order valence-electron chi connectivity index (χ3n) is 3.06. The van der Waals surface area contributed by atoms with Crippen molar-refractivity contribution >= 4 is 15.9 Å². The quantitative estimate of drug-likeness (QED) is 0.816. The van der Waals surface area contributed by atoms with Gasteiger partial charge in [-0.25, -0.2) is 0 Å². The van der Waals surface area contributed by atoms with Crippen LogP contribution < -0.4 is 5.73 Å². The fraction of sp³-hybridized carbons (Fsp3) is 0.500. The van der Waals surface area contributed by atoms with Crippen LogP contribution in [0.4, 0.5) is 0 Å². The fourth-order valence-corrected chi connectivity index (χ4v) is 2.53. The monoisotopic (exact) mass is 253 g/mol. The van der Waals surface area contributed by atoms with Crippen LogP contribution in [-0.4, -0.2) is 6.04 Å². The summed E-state index contributed by atoms with van der Waals surface area (Å²) in [6.07, 6.45) is 4.94. The predicted octanol–water partition coefficient (Wildman–Crippen LogP) is 3.43. The highest BCUT2D eigenvalue weighted by molar-refractivity contribution is 9.10. The molecule has 1 nitrogen and oxygen atoms in total. The molecule has 2 rings (SSSR count). The van der Waals surface area contributed by atoms with Crippen LogP contribution in [-0.2, 0) is 0 Å². The van der Waals surface area contributed by atoms with Gasteiger partial charge in [0, 0.05) is 10.5 Å². The van der Waals surface area contributed by atoms with Gasteiger partial charge in [-0.1, -0.05) is 34.5 Å². The topological polar surface area (TPSA) is 26.0 Å². The smallest absolute Gasteiger partial charge is 0.0175 e. The van der Waals surface area contributed by atoms with Gasteiger partial charge in [0.2, 0.25) is 0 Å². The van der Waals surface area contributed by atoms with Gasteiger partial charge in [0.15, 0.2) is 0 Å². The summed E-state index contributed by atoms with van der Waals surface area (Å²) < 4.78 is 1.15. The second-order valence-corrected chi connectivity index (χ2v) is 5.09. The van der Waals surface area contributed by atoms with Crippen molar-refractivity contribution in [1.29, 1.82) is 0 Å². The molecule has 1 aromatic carbocycles. The largest absolute Gasteiger partial charge is 0.328 e. The van der Waals surface area contributed by atoms with Crippen LogP contribution in [0.25, 0.3) is 0 Å². The van der Waals surface area contributed by atoms with Crippen LogP contribution in [0.2, 0.25) is 0 Å². The van der Waals surface area contributed by atoms with Crippen molar-refractivity contribution in [3.63, 3.8) is 0 Å². The minimum atomic E-state index is 0.414. The predicted molar refractivity (Wildman–Crippen MR) is 63.3 cm³/mol. The van der Waals surface area contributed by atoms with Gasteiger partial charge in [-0.2, -0.15) is 0 Å². The molecule has 2 unspecified atom stereocenters. The molecule has 1 saturated carbocycles. The van der Waals surface area contributed by atoms with E-state index in [9.17, 15) is 0 Å². The molecule has 1 aliphatic rings. The minimum absolute atomic E-state index is 0.414. The SMILES string of the molecule is NC1CCCC(c2ccc(Br)cc2)C1. The van der Waals surface area contributed by atoms with Crippen molar-refractivity contribution < 1.29 is 0 Å². The average molecular weight is 254 g/mol. The number of nitrogens with two attached hydrogens (primary N) is 1. The van der Waals surface area contributed by atoms with E-state index < -0.39 is 0 Å². The van der Waals surface area contributed by atoms with Gasteiger partial charge in [0.05, 0.1) is 0 Å². The first kappa shape index (κ1) is 10.2. The van der Waals surface area contributed by atoms with E-state index in [2.05, 4.69) is 40.2 Å². The van der Waals surface area contributed by atoms with Gasteiger partial charge in [-0.15, -0.1) is 0 Å². The summed E-state index contributed by atoms with van der Waals surface area (Å²) in [6.45, 7) is 0. The van der Waals surface area contributed by atoms with Crippen molar-refractivity contribution in [1.82, 2.24) is 0 Å². The normalized spacial score (nSPS) is 27.6. The summed E-state index contributed by atoms with van der Waals surface area (Å²) in [5, 5.41) is 0. The Labute approximate surface area is 93.8 Å². The van der Waals surface area contributed by atoms with E-state index in [1.807, 2.05) is 0 Å². The molecule has 0 radical (unpaired) electrons. The molecule has 0 spiro atoms. The molecular weight excluding hydrogens is 238 g/mol. The Morgan fingerprint density at radius 2 is 1.86 bits per heavy atom. The van der Waals surface area contributed by atoms with Gasteiger partial charge in [0.1, 0.15) is 0 Å². The highest BCUT2D eigenvalue weighted by Crippen LogP contribution is 2.32. The maximum Gasteiger partial charge on any atom is 0.0175 e. The van der Waals surface area contributed by atoms with Crippen molar-refractivity contribution in [2.75, 3.05) is 0 Å². The van der Waals surface area contributed by atoms with Crippen molar-refractivity contribution in [2.45, 2.75) is 37.6 Å². The Kier molecular flexibility index (Phi) is 3.24. The lowest BCUT2D eigenvalue weighted by Crippen LogP contribution is -2.26. The molecule has 1 aliphatic carbocycles. The molecule has 0 saturated heterocycles. The molecule has 1 aromatic rings. The molecule has 0 amide bonds. The fourth-order valence-electron chi connectivity index (χ4n) is 2.27. The Hall–Kier alpha value is -0.340. The van der Waals surface area contributed by atoms with Crippen molar-refractivity contribution in [2.24, 2.45) is 5.73 Å². The maximum absolute atomic E-state index is 5.98. The lowest BCUT2D eigenvalue weighted by molar-refractivity contribution is 0.393. The molecule has 0 bridgehead atoms. The second kappa shape index (κ2) is 4.45. The molecule has 0 aromatic heterocycles. The summed E-state index contributed by atoms with van der Waals surface area (Å²) >= 11 is 3.46. The zero-order chi connectivity index (χ0) is 9.97. The molecule has 0 aliphatic heterocycles. The average Bonchev–Trinajstić information content (AvgIpc) is 2.19. The van der Waals surface area contributed by atoms with Crippen molar-refractivity contribution in [3.8, 4) is 0 Å². The summed E-state index contributed by atoms with van der Waals surface area (Å²) in [5.41, 5.74) is 7.43. The minimum Gasteiger partial charge on any atom is -0.328 e. The van der Waals surface area contributed by atoms with Crippen LogP contribution in [0.15, 0.2) is 28.7 Å². The molecule has 0 heterocycles. The van der Waals surface area contributed by atoms with Gasteiger partial charge in [-0.3, -0.25) is 0 Å². The second-order valence-electron chi connectivity index (χ2n) is 4.18. The Morgan fingerprint density at radius 3 is 2.50 bits per heavy atom. The lowest BCUT2D eigenvalue weighted by Gasteiger charge is -2.26. The number of benzene rings is 1. The first-order valence-electron chi connectivity index (χ1n) is 5.27. The van der Waals surface area contributed by atoms with E-state index in [0.29, 0.717) is 12.0 Å². The summed E-state index contributed by atoms with van der Waals surface area (Å²) in [6, 6.07) is 9.09. The summed E-state index contributed by atoms with van der Waals surface area (Å²) in [7, 11) is 0. The van der Waals surface area contributed by atoms with E-state index in [4.69, 9.17) is 5.73 Å². The molecule has 1 fully saturated rings.